The van der Waals surface area contributed by atoms with Crippen molar-refractivity contribution < 1.29 is 14.3 Å². The zero-order chi connectivity index (χ0) is 13.8. The molecule has 0 aliphatic heterocycles. The van der Waals surface area contributed by atoms with Gasteiger partial charge in [-0.05, 0) is 12.0 Å². The van der Waals surface area contributed by atoms with E-state index in [0.29, 0.717) is 6.61 Å². The Balaban J connectivity index is 2.07. The summed E-state index contributed by atoms with van der Waals surface area (Å²) in [6.45, 7) is 2.86. The summed E-state index contributed by atoms with van der Waals surface area (Å²) < 4.78 is 10.8. The fraction of sp³-hybridized carbons (Fsp3) is 0.562. The zero-order valence-electron chi connectivity index (χ0n) is 11.7. The van der Waals surface area contributed by atoms with Gasteiger partial charge in [0.15, 0.2) is 0 Å². The number of ether oxygens (including phenoxy) is 2. The van der Waals surface area contributed by atoms with Crippen molar-refractivity contribution in [2.75, 3.05) is 6.79 Å². The maximum absolute atomic E-state index is 10.9. The van der Waals surface area contributed by atoms with E-state index in [9.17, 15) is 4.79 Å². The molecule has 0 aliphatic rings. The zero-order valence-corrected chi connectivity index (χ0v) is 11.7. The highest BCUT2D eigenvalue weighted by Crippen LogP contribution is 2.07. The van der Waals surface area contributed by atoms with Crippen LogP contribution in [0.2, 0.25) is 0 Å². The van der Waals surface area contributed by atoms with Crippen LogP contribution in [0.15, 0.2) is 30.3 Å². The summed E-state index contributed by atoms with van der Waals surface area (Å²) in [6.07, 6.45) is 5.96. The summed E-state index contributed by atoms with van der Waals surface area (Å²) in [5.41, 5.74) is 1.11. The van der Waals surface area contributed by atoms with E-state index in [-0.39, 0.29) is 12.9 Å². The highest BCUT2D eigenvalue weighted by Gasteiger charge is 2.06. The average molecular weight is 264 g/mol. The number of carbonyl (C=O) groups is 1. The first-order valence-electron chi connectivity index (χ1n) is 7.05. The fourth-order valence-corrected chi connectivity index (χ4v) is 1.83. The SMILES string of the molecule is CCCCCCC(C=O)OCOCc1ccccc1. The highest BCUT2D eigenvalue weighted by molar-refractivity contribution is 5.55. The maximum Gasteiger partial charge on any atom is 0.148 e. The van der Waals surface area contributed by atoms with Crippen LogP contribution in [-0.2, 0) is 20.9 Å². The molecule has 0 radical (unpaired) electrons. The van der Waals surface area contributed by atoms with Gasteiger partial charge in [0.05, 0.1) is 6.61 Å². The summed E-state index contributed by atoms with van der Waals surface area (Å²) in [7, 11) is 0. The largest absolute Gasteiger partial charge is 0.351 e. The topological polar surface area (TPSA) is 35.5 Å². The first-order chi connectivity index (χ1) is 9.36. The molecule has 1 rings (SSSR count). The molecule has 3 nitrogen and oxygen atoms in total. The first-order valence-corrected chi connectivity index (χ1v) is 7.05. The Kier molecular flexibility index (Phi) is 8.94. The van der Waals surface area contributed by atoms with Crippen LogP contribution in [0.4, 0.5) is 0 Å². The number of rotatable bonds is 11. The van der Waals surface area contributed by atoms with Gasteiger partial charge in [-0.15, -0.1) is 0 Å². The van der Waals surface area contributed by atoms with Gasteiger partial charge in [-0.3, -0.25) is 0 Å². The normalized spacial score (nSPS) is 12.3. The summed E-state index contributed by atoms with van der Waals surface area (Å²) in [5.74, 6) is 0. The van der Waals surface area contributed by atoms with E-state index in [1.165, 1.54) is 12.8 Å². The van der Waals surface area contributed by atoms with Crippen molar-refractivity contribution in [1.29, 1.82) is 0 Å². The molecule has 106 valence electrons. The van der Waals surface area contributed by atoms with Crippen molar-refractivity contribution >= 4 is 6.29 Å². The molecule has 0 amide bonds. The third kappa shape index (κ3) is 7.75. The van der Waals surface area contributed by atoms with Gasteiger partial charge in [0, 0.05) is 0 Å². The van der Waals surface area contributed by atoms with Gasteiger partial charge in [0.1, 0.15) is 19.2 Å². The maximum atomic E-state index is 10.9. The van der Waals surface area contributed by atoms with E-state index in [1.807, 2.05) is 30.3 Å². The summed E-state index contributed by atoms with van der Waals surface area (Å²) in [4.78, 5) is 10.9. The van der Waals surface area contributed by atoms with Crippen LogP contribution < -0.4 is 0 Å². The molecule has 0 N–H and O–H groups in total. The molecule has 0 aromatic heterocycles. The molecule has 0 fully saturated rings. The summed E-state index contributed by atoms with van der Waals surface area (Å²) in [5, 5.41) is 0. The smallest absolute Gasteiger partial charge is 0.148 e. The average Bonchev–Trinajstić information content (AvgIpc) is 2.46. The van der Waals surface area contributed by atoms with Crippen LogP contribution in [0, 0.1) is 0 Å². The number of aldehydes is 1. The summed E-state index contributed by atoms with van der Waals surface area (Å²) in [6, 6.07) is 9.92. The van der Waals surface area contributed by atoms with Gasteiger partial charge < -0.3 is 14.3 Å². The number of hydrogen-bond donors (Lipinski definition) is 0. The van der Waals surface area contributed by atoms with Crippen molar-refractivity contribution in [3.8, 4) is 0 Å². The third-order valence-corrected chi connectivity index (χ3v) is 2.97. The lowest BCUT2D eigenvalue weighted by molar-refractivity contribution is -0.133. The molecule has 0 aliphatic carbocycles. The van der Waals surface area contributed by atoms with Gasteiger partial charge in [-0.1, -0.05) is 62.9 Å². The fourth-order valence-electron chi connectivity index (χ4n) is 1.83. The monoisotopic (exact) mass is 264 g/mol. The van der Waals surface area contributed by atoms with E-state index in [4.69, 9.17) is 9.47 Å². The van der Waals surface area contributed by atoms with Crippen molar-refractivity contribution in [3.05, 3.63) is 35.9 Å². The lowest BCUT2D eigenvalue weighted by Gasteiger charge is -2.12. The molecule has 3 heteroatoms. The molecule has 0 saturated carbocycles. The molecule has 1 aromatic rings. The molecule has 1 atom stereocenters. The van der Waals surface area contributed by atoms with Gasteiger partial charge >= 0.3 is 0 Å². The Morgan fingerprint density at radius 1 is 1.16 bits per heavy atom. The Bertz CT molecular complexity index is 324. The Labute approximate surface area is 115 Å². The lowest BCUT2D eigenvalue weighted by atomic mass is 10.1. The lowest BCUT2D eigenvalue weighted by Crippen LogP contribution is -2.16. The van der Waals surface area contributed by atoms with E-state index < -0.39 is 0 Å². The minimum Gasteiger partial charge on any atom is -0.351 e. The molecule has 1 unspecified atom stereocenters. The number of carbonyl (C=O) groups excluding carboxylic acids is 1. The molecular weight excluding hydrogens is 240 g/mol. The predicted molar refractivity (Wildman–Crippen MR) is 75.8 cm³/mol. The molecule has 0 saturated heterocycles. The quantitative estimate of drug-likeness (QED) is 0.347. The van der Waals surface area contributed by atoms with E-state index in [0.717, 1.165) is 31.1 Å². The summed E-state index contributed by atoms with van der Waals surface area (Å²) >= 11 is 0. The standard InChI is InChI=1S/C16H24O3/c1-2-3-4-8-11-16(12-17)19-14-18-13-15-9-6-5-7-10-15/h5-7,9-10,12,16H,2-4,8,11,13-14H2,1H3. The minimum absolute atomic E-state index is 0.173. The van der Waals surface area contributed by atoms with Gasteiger partial charge in [0.25, 0.3) is 0 Å². The second-order valence-corrected chi connectivity index (χ2v) is 4.64. The molecule has 0 bridgehead atoms. The van der Waals surface area contributed by atoms with Crippen LogP contribution >= 0.6 is 0 Å². The van der Waals surface area contributed by atoms with E-state index >= 15 is 0 Å². The van der Waals surface area contributed by atoms with E-state index in [2.05, 4.69) is 6.92 Å². The van der Waals surface area contributed by atoms with Crippen LogP contribution in [-0.4, -0.2) is 19.2 Å². The number of hydrogen-bond acceptors (Lipinski definition) is 3. The Morgan fingerprint density at radius 3 is 2.63 bits per heavy atom. The van der Waals surface area contributed by atoms with Crippen LogP contribution in [0.25, 0.3) is 0 Å². The van der Waals surface area contributed by atoms with Gasteiger partial charge in [-0.2, -0.15) is 0 Å². The van der Waals surface area contributed by atoms with Crippen LogP contribution in [0.1, 0.15) is 44.6 Å². The second kappa shape index (κ2) is 10.7. The molecule has 19 heavy (non-hydrogen) atoms. The van der Waals surface area contributed by atoms with Gasteiger partial charge in [-0.25, -0.2) is 0 Å². The van der Waals surface area contributed by atoms with Crippen molar-refractivity contribution in [2.24, 2.45) is 0 Å². The Morgan fingerprint density at radius 2 is 1.95 bits per heavy atom. The van der Waals surface area contributed by atoms with Crippen LogP contribution in [0.5, 0.6) is 0 Å². The number of unbranched alkanes of at least 4 members (excludes halogenated alkanes) is 3. The molecule has 0 spiro atoms. The first kappa shape index (κ1) is 15.9. The van der Waals surface area contributed by atoms with Crippen molar-refractivity contribution in [1.82, 2.24) is 0 Å². The Hall–Kier alpha value is -1.19. The minimum atomic E-state index is -0.326. The third-order valence-electron chi connectivity index (χ3n) is 2.97. The van der Waals surface area contributed by atoms with Crippen LogP contribution in [0.3, 0.4) is 0 Å². The number of benzene rings is 1. The van der Waals surface area contributed by atoms with Gasteiger partial charge in [0.2, 0.25) is 0 Å². The van der Waals surface area contributed by atoms with Crippen molar-refractivity contribution in [2.45, 2.75) is 51.7 Å². The second-order valence-electron chi connectivity index (χ2n) is 4.64. The molecule has 1 aromatic carbocycles. The molecule has 0 heterocycles. The highest BCUT2D eigenvalue weighted by atomic mass is 16.7. The molecular formula is C16H24O3. The predicted octanol–water partition coefficient (Wildman–Crippen LogP) is 3.72. The van der Waals surface area contributed by atoms with Crippen molar-refractivity contribution in [3.63, 3.8) is 0 Å². The van der Waals surface area contributed by atoms with E-state index in [1.54, 1.807) is 0 Å².